The Morgan fingerprint density at radius 2 is 1.95 bits per heavy atom. The molecule has 1 amide bonds. The number of ether oxygens (including phenoxy) is 1. The lowest BCUT2D eigenvalue weighted by molar-refractivity contribution is 0.0934. The van der Waals surface area contributed by atoms with Crippen LogP contribution in [0.5, 0.6) is 5.75 Å². The first kappa shape index (κ1) is 17.9. The van der Waals surface area contributed by atoms with Crippen LogP contribution in [0, 0.1) is 0 Å². The van der Waals surface area contributed by atoms with E-state index >= 15 is 0 Å². The molecule has 0 aliphatic rings. The molecule has 21 heavy (non-hydrogen) atoms. The normalized spacial score (nSPS) is 11.5. The molecule has 8 heteroatoms. The van der Waals surface area contributed by atoms with Crippen LogP contribution in [-0.2, 0) is 10.0 Å². The van der Waals surface area contributed by atoms with Gasteiger partial charge in [0.2, 0.25) is 10.0 Å². The molecule has 0 saturated carbocycles. The maximum absolute atomic E-state index is 12.2. The lowest BCUT2D eigenvalue weighted by atomic mass is 10.1. The van der Waals surface area contributed by atoms with E-state index in [1.54, 1.807) is 0 Å². The summed E-state index contributed by atoms with van der Waals surface area (Å²) in [7, 11) is -2.67. The Kier molecular flexibility index (Phi) is 6.18. The van der Waals surface area contributed by atoms with E-state index < -0.39 is 10.0 Å². The van der Waals surface area contributed by atoms with E-state index in [0.29, 0.717) is 4.47 Å². The molecule has 118 valence electrons. The van der Waals surface area contributed by atoms with Crippen LogP contribution in [0.3, 0.4) is 0 Å². The summed E-state index contributed by atoms with van der Waals surface area (Å²) < 4.78 is 28.6. The molecule has 1 aromatic rings. The van der Waals surface area contributed by atoms with Crippen LogP contribution < -0.4 is 15.2 Å². The van der Waals surface area contributed by atoms with Gasteiger partial charge in [-0.2, -0.15) is 0 Å². The Labute approximate surface area is 133 Å². The maximum atomic E-state index is 12.2. The summed E-state index contributed by atoms with van der Waals surface area (Å²) in [5.74, 6) is -0.270. The molecule has 0 aromatic heterocycles. The van der Waals surface area contributed by atoms with Crippen molar-refractivity contribution in [3.05, 3.63) is 22.2 Å². The average molecular weight is 379 g/mol. The first-order chi connectivity index (χ1) is 9.74. The number of carbonyl (C=O) groups is 1. The Hall–Kier alpha value is -1.12. The number of benzene rings is 1. The van der Waals surface area contributed by atoms with Gasteiger partial charge >= 0.3 is 0 Å². The van der Waals surface area contributed by atoms with Crippen molar-refractivity contribution < 1.29 is 17.9 Å². The topological polar surface area (TPSA) is 98.5 Å². The van der Waals surface area contributed by atoms with Crippen molar-refractivity contribution in [1.29, 1.82) is 0 Å². The van der Waals surface area contributed by atoms with E-state index in [1.807, 2.05) is 13.8 Å². The first-order valence-corrected chi connectivity index (χ1v) is 8.79. The van der Waals surface area contributed by atoms with E-state index in [2.05, 4.69) is 21.2 Å². The summed E-state index contributed by atoms with van der Waals surface area (Å²) >= 11 is 3.19. The van der Waals surface area contributed by atoms with Gasteiger partial charge in [-0.25, -0.2) is 13.6 Å². The Bertz CT molecular complexity index is 627. The van der Waals surface area contributed by atoms with Crippen LogP contribution >= 0.6 is 15.9 Å². The molecule has 6 nitrogen and oxygen atoms in total. The van der Waals surface area contributed by atoms with Gasteiger partial charge in [0, 0.05) is 11.6 Å². The van der Waals surface area contributed by atoms with Gasteiger partial charge in [-0.3, -0.25) is 4.79 Å². The summed E-state index contributed by atoms with van der Waals surface area (Å²) in [6.45, 7) is 3.93. The van der Waals surface area contributed by atoms with Gasteiger partial charge < -0.3 is 10.1 Å². The number of hydrogen-bond donors (Lipinski definition) is 2. The van der Waals surface area contributed by atoms with E-state index in [0.717, 1.165) is 12.8 Å². The molecule has 0 aliphatic heterocycles. The van der Waals surface area contributed by atoms with E-state index in [9.17, 15) is 13.2 Å². The van der Waals surface area contributed by atoms with E-state index in [-0.39, 0.29) is 28.2 Å². The lowest BCUT2D eigenvalue weighted by Crippen LogP contribution is -2.34. The van der Waals surface area contributed by atoms with Crippen LogP contribution in [0.25, 0.3) is 0 Å². The first-order valence-electron chi connectivity index (χ1n) is 6.45. The predicted octanol–water partition coefficient (Wildman–Crippen LogP) is 2.02. The second-order valence-corrected chi connectivity index (χ2v) is 6.91. The van der Waals surface area contributed by atoms with Crippen LogP contribution in [0.2, 0.25) is 0 Å². The summed E-state index contributed by atoms with van der Waals surface area (Å²) in [4.78, 5) is 12.0. The number of halogens is 1. The van der Waals surface area contributed by atoms with Crippen molar-refractivity contribution in [3.63, 3.8) is 0 Å². The molecular weight excluding hydrogens is 360 g/mol. The molecule has 0 bridgehead atoms. The molecule has 0 saturated heterocycles. The SMILES string of the molecule is CCC(CC)NC(=O)c1cc(Br)c(OC)c(S(N)(=O)=O)c1. The van der Waals surface area contributed by atoms with Gasteiger partial charge in [-0.1, -0.05) is 13.8 Å². The maximum Gasteiger partial charge on any atom is 0.251 e. The lowest BCUT2D eigenvalue weighted by Gasteiger charge is -2.16. The van der Waals surface area contributed by atoms with Gasteiger partial charge in [-0.15, -0.1) is 0 Å². The largest absolute Gasteiger partial charge is 0.494 e. The van der Waals surface area contributed by atoms with Gasteiger partial charge in [0.05, 0.1) is 11.6 Å². The highest BCUT2D eigenvalue weighted by atomic mass is 79.9. The zero-order chi connectivity index (χ0) is 16.2. The molecule has 1 aromatic carbocycles. The Morgan fingerprint density at radius 1 is 1.38 bits per heavy atom. The Balaban J connectivity index is 3.28. The van der Waals surface area contributed by atoms with Crippen LogP contribution in [0.4, 0.5) is 0 Å². The quantitative estimate of drug-likeness (QED) is 0.790. The van der Waals surface area contributed by atoms with E-state index in [4.69, 9.17) is 9.88 Å². The third kappa shape index (κ3) is 4.42. The van der Waals surface area contributed by atoms with Crippen LogP contribution in [-0.4, -0.2) is 27.5 Å². The molecule has 0 atom stereocenters. The molecular formula is C13H19BrN2O4S. The zero-order valence-corrected chi connectivity index (χ0v) is 14.5. The highest BCUT2D eigenvalue weighted by Crippen LogP contribution is 2.33. The molecule has 0 radical (unpaired) electrons. The number of amides is 1. The predicted molar refractivity (Wildman–Crippen MR) is 83.9 cm³/mol. The number of rotatable bonds is 6. The number of nitrogens with one attached hydrogen (secondary N) is 1. The number of nitrogens with two attached hydrogens (primary N) is 1. The monoisotopic (exact) mass is 378 g/mol. The van der Waals surface area contributed by atoms with Crippen molar-refractivity contribution >= 4 is 31.9 Å². The fourth-order valence-electron chi connectivity index (χ4n) is 1.87. The highest BCUT2D eigenvalue weighted by molar-refractivity contribution is 9.10. The Morgan fingerprint density at radius 3 is 2.38 bits per heavy atom. The number of hydrogen-bond acceptors (Lipinski definition) is 4. The fourth-order valence-corrected chi connectivity index (χ4v) is 3.37. The number of sulfonamides is 1. The summed E-state index contributed by atoms with van der Waals surface area (Å²) in [5.41, 5.74) is 0.207. The molecule has 0 aliphatic carbocycles. The standard InChI is InChI=1S/C13H19BrN2O4S/c1-4-9(5-2)16-13(17)8-6-10(14)12(20-3)11(7-8)21(15,18)19/h6-7,9H,4-5H2,1-3H3,(H,16,17)(H2,15,18,19). The second kappa shape index (κ2) is 7.24. The minimum Gasteiger partial charge on any atom is -0.494 e. The smallest absolute Gasteiger partial charge is 0.251 e. The second-order valence-electron chi connectivity index (χ2n) is 4.52. The van der Waals surface area contributed by atoms with Crippen molar-refractivity contribution in [2.24, 2.45) is 5.14 Å². The molecule has 0 spiro atoms. The molecule has 1 rings (SSSR count). The van der Waals surface area contributed by atoms with Crippen molar-refractivity contribution in [2.45, 2.75) is 37.6 Å². The zero-order valence-electron chi connectivity index (χ0n) is 12.1. The minimum absolute atomic E-state index is 0.0383. The summed E-state index contributed by atoms with van der Waals surface area (Å²) in [6, 6.07) is 2.76. The molecule has 0 heterocycles. The van der Waals surface area contributed by atoms with Crippen LogP contribution in [0.15, 0.2) is 21.5 Å². The minimum atomic E-state index is -4.00. The fraction of sp³-hybridized carbons (Fsp3) is 0.462. The number of methoxy groups -OCH3 is 1. The third-order valence-electron chi connectivity index (χ3n) is 3.10. The van der Waals surface area contributed by atoms with Crippen molar-refractivity contribution in [2.75, 3.05) is 7.11 Å². The molecule has 0 fully saturated rings. The average Bonchev–Trinajstić information content (AvgIpc) is 2.42. The van der Waals surface area contributed by atoms with Gasteiger partial charge in [0.1, 0.15) is 4.90 Å². The van der Waals surface area contributed by atoms with Gasteiger partial charge in [-0.05, 0) is 40.9 Å². The van der Waals surface area contributed by atoms with Crippen LogP contribution in [0.1, 0.15) is 37.0 Å². The van der Waals surface area contributed by atoms with Crippen molar-refractivity contribution in [1.82, 2.24) is 5.32 Å². The summed E-state index contributed by atoms with van der Waals surface area (Å²) in [6.07, 6.45) is 1.59. The molecule has 0 unspecified atom stereocenters. The third-order valence-corrected chi connectivity index (χ3v) is 4.61. The number of carbonyl (C=O) groups excluding carboxylic acids is 1. The molecule has 3 N–H and O–H groups in total. The number of primary sulfonamides is 1. The van der Waals surface area contributed by atoms with Crippen molar-refractivity contribution in [3.8, 4) is 5.75 Å². The summed E-state index contributed by atoms with van der Waals surface area (Å²) in [5, 5.41) is 8.00. The van der Waals surface area contributed by atoms with Gasteiger partial charge in [0.25, 0.3) is 5.91 Å². The highest BCUT2D eigenvalue weighted by Gasteiger charge is 2.22. The van der Waals surface area contributed by atoms with Gasteiger partial charge in [0.15, 0.2) is 5.75 Å². The van der Waals surface area contributed by atoms with E-state index in [1.165, 1.54) is 19.2 Å².